The normalized spacial score (nSPS) is 24.5. The van der Waals surface area contributed by atoms with Gasteiger partial charge in [-0.1, -0.05) is 44.5 Å². The molecule has 0 spiro atoms. The summed E-state index contributed by atoms with van der Waals surface area (Å²) in [6.45, 7) is 5.40. The lowest BCUT2D eigenvalue weighted by Crippen LogP contribution is -2.40. The average molecular weight is 232 g/mol. The predicted octanol–water partition coefficient (Wildman–Crippen LogP) is 2.78. The van der Waals surface area contributed by atoms with E-state index in [4.69, 9.17) is 5.73 Å². The van der Waals surface area contributed by atoms with Crippen LogP contribution in [0.1, 0.15) is 50.2 Å². The SMILES string of the molecule is CC(C)c1ccc(CNC2CCCC2N)cc1. The molecule has 17 heavy (non-hydrogen) atoms. The Hall–Kier alpha value is -0.860. The maximum atomic E-state index is 6.04. The first-order chi connectivity index (χ1) is 8.16. The van der Waals surface area contributed by atoms with Crippen LogP contribution in [0.5, 0.6) is 0 Å². The molecular formula is C15H24N2. The molecule has 0 radical (unpaired) electrons. The van der Waals surface area contributed by atoms with Gasteiger partial charge in [0.15, 0.2) is 0 Å². The minimum Gasteiger partial charge on any atom is -0.326 e. The van der Waals surface area contributed by atoms with Gasteiger partial charge in [0.05, 0.1) is 0 Å². The lowest BCUT2D eigenvalue weighted by atomic mass is 10.0. The quantitative estimate of drug-likeness (QED) is 0.837. The fourth-order valence-corrected chi connectivity index (χ4v) is 2.51. The van der Waals surface area contributed by atoms with E-state index in [0.29, 0.717) is 18.0 Å². The molecule has 1 aliphatic carbocycles. The molecule has 0 bridgehead atoms. The van der Waals surface area contributed by atoms with Gasteiger partial charge in [0.2, 0.25) is 0 Å². The summed E-state index contributed by atoms with van der Waals surface area (Å²) in [6, 6.07) is 9.78. The lowest BCUT2D eigenvalue weighted by Gasteiger charge is -2.17. The van der Waals surface area contributed by atoms with E-state index >= 15 is 0 Å². The summed E-state index contributed by atoms with van der Waals surface area (Å²) < 4.78 is 0. The van der Waals surface area contributed by atoms with E-state index in [9.17, 15) is 0 Å². The van der Waals surface area contributed by atoms with Crippen LogP contribution in [0, 0.1) is 0 Å². The van der Waals surface area contributed by atoms with Gasteiger partial charge < -0.3 is 11.1 Å². The van der Waals surface area contributed by atoms with Crippen molar-refractivity contribution in [2.24, 2.45) is 5.73 Å². The van der Waals surface area contributed by atoms with Gasteiger partial charge in [-0.05, 0) is 29.9 Å². The van der Waals surface area contributed by atoms with Gasteiger partial charge in [0, 0.05) is 18.6 Å². The molecule has 2 unspecified atom stereocenters. The van der Waals surface area contributed by atoms with E-state index in [1.54, 1.807) is 0 Å². The molecule has 1 aromatic rings. The van der Waals surface area contributed by atoms with Crippen LogP contribution in [-0.2, 0) is 6.54 Å². The van der Waals surface area contributed by atoms with Crippen molar-refractivity contribution in [3.05, 3.63) is 35.4 Å². The number of nitrogens with two attached hydrogens (primary N) is 1. The second-order valence-corrected chi connectivity index (χ2v) is 5.48. The summed E-state index contributed by atoms with van der Waals surface area (Å²) in [5, 5.41) is 3.57. The molecule has 0 amide bonds. The number of hydrogen-bond acceptors (Lipinski definition) is 2. The molecule has 1 saturated carbocycles. The maximum absolute atomic E-state index is 6.04. The summed E-state index contributed by atoms with van der Waals surface area (Å²) in [4.78, 5) is 0. The van der Waals surface area contributed by atoms with Gasteiger partial charge >= 0.3 is 0 Å². The fraction of sp³-hybridized carbons (Fsp3) is 0.600. The van der Waals surface area contributed by atoms with Gasteiger partial charge in [-0.3, -0.25) is 0 Å². The molecule has 1 aromatic carbocycles. The third kappa shape index (κ3) is 3.30. The van der Waals surface area contributed by atoms with Crippen molar-refractivity contribution in [3.8, 4) is 0 Å². The Morgan fingerprint density at radius 1 is 1.24 bits per heavy atom. The standard InChI is InChI=1S/C15H24N2/c1-11(2)13-8-6-12(7-9-13)10-17-15-5-3-4-14(15)16/h6-9,11,14-15,17H,3-5,10,16H2,1-2H3. The highest BCUT2D eigenvalue weighted by atomic mass is 15.0. The third-order valence-electron chi connectivity index (χ3n) is 3.78. The molecule has 2 heteroatoms. The summed E-state index contributed by atoms with van der Waals surface area (Å²) in [6.07, 6.45) is 3.67. The zero-order valence-corrected chi connectivity index (χ0v) is 10.9. The lowest BCUT2D eigenvalue weighted by molar-refractivity contribution is 0.475. The number of rotatable bonds is 4. The summed E-state index contributed by atoms with van der Waals surface area (Å²) in [5.74, 6) is 0.611. The second-order valence-electron chi connectivity index (χ2n) is 5.48. The number of nitrogens with one attached hydrogen (secondary N) is 1. The van der Waals surface area contributed by atoms with Gasteiger partial charge in [-0.25, -0.2) is 0 Å². The molecule has 0 aromatic heterocycles. The van der Waals surface area contributed by atoms with E-state index in [-0.39, 0.29) is 0 Å². The van der Waals surface area contributed by atoms with Gasteiger partial charge in [0.25, 0.3) is 0 Å². The highest BCUT2D eigenvalue weighted by molar-refractivity contribution is 5.24. The van der Waals surface area contributed by atoms with Crippen LogP contribution in [-0.4, -0.2) is 12.1 Å². The van der Waals surface area contributed by atoms with Crippen molar-refractivity contribution in [1.82, 2.24) is 5.32 Å². The Labute approximate surface area is 105 Å². The van der Waals surface area contributed by atoms with Crippen LogP contribution < -0.4 is 11.1 Å². The Bertz CT molecular complexity index is 342. The minimum absolute atomic E-state index is 0.352. The smallest absolute Gasteiger partial charge is 0.0222 e. The number of hydrogen-bond donors (Lipinski definition) is 2. The van der Waals surface area contributed by atoms with Crippen molar-refractivity contribution in [1.29, 1.82) is 0 Å². The molecule has 2 atom stereocenters. The Balaban J connectivity index is 1.86. The maximum Gasteiger partial charge on any atom is 0.0222 e. The molecule has 1 fully saturated rings. The van der Waals surface area contributed by atoms with Crippen LogP contribution in [0.3, 0.4) is 0 Å². The number of benzene rings is 1. The molecule has 0 saturated heterocycles. The highest BCUT2D eigenvalue weighted by Crippen LogP contribution is 2.18. The van der Waals surface area contributed by atoms with Crippen LogP contribution in [0.2, 0.25) is 0 Å². The summed E-state index contributed by atoms with van der Waals surface area (Å²) >= 11 is 0. The average Bonchev–Trinajstić information content (AvgIpc) is 2.73. The van der Waals surface area contributed by atoms with E-state index in [2.05, 4.69) is 43.4 Å². The molecular weight excluding hydrogens is 208 g/mol. The molecule has 3 N–H and O–H groups in total. The predicted molar refractivity (Wildman–Crippen MR) is 73.0 cm³/mol. The molecule has 0 aliphatic heterocycles. The van der Waals surface area contributed by atoms with Crippen molar-refractivity contribution in [3.63, 3.8) is 0 Å². The van der Waals surface area contributed by atoms with E-state index < -0.39 is 0 Å². The molecule has 94 valence electrons. The highest BCUT2D eigenvalue weighted by Gasteiger charge is 2.22. The second kappa shape index (κ2) is 5.65. The third-order valence-corrected chi connectivity index (χ3v) is 3.78. The van der Waals surface area contributed by atoms with Gasteiger partial charge in [-0.2, -0.15) is 0 Å². The first kappa shape index (κ1) is 12.6. The van der Waals surface area contributed by atoms with Crippen molar-refractivity contribution in [2.75, 3.05) is 0 Å². The summed E-state index contributed by atoms with van der Waals surface area (Å²) in [5.41, 5.74) is 8.81. The molecule has 2 rings (SSSR count). The minimum atomic E-state index is 0.352. The van der Waals surface area contributed by atoms with Crippen LogP contribution in [0.25, 0.3) is 0 Å². The van der Waals surface area contributed by atoms with Gasteiger partial charge in [0.1, 0.15) is 0 Å². The Morgan fingerprint density at radius 2 is 1.94 bits per heavy atom. The van der Waals surface area contributed by atoms with Crippen molar-refractivity contribution < 1.29 is 0 Å². The largest absolute Gasteiger partial charge is 0.326 e. The topological polar surface area (TPSA) is 38.0 Å². The first-order valence-electron chi connectivity index (χ1n) is 6.74. The monoisotopic (exact) mass is 232 g/mol. The molecule has 1 aliphatic rings. The van der Waals surface area contributed by atoms with Crippen LogP contribution in [0.4, 0.5) is 0 Å². The van der Waals surface area contributed by atoms with E-state index in [0.717, 1.165) is 6.54 Å². The van der Waals surface area contributed by atoms with Crippen molar-refractivity contribution >= 4 is 0 Å². The van der Waals surface area contributed by atoms with Crippen molar-refractivity contribution in [2.45, 2.75) is 57.7 Å². The Morgan fingerprint density at radius 3 is 2.47 bits per heavy atom. The first-order valence-corrected chi connectivity index (χ1v) is 6.74. The van der Waals surface area contributed by atoms with E-state index in [1.165, 1.54) is 30.4 Å². The van der Waals surface area contributed by atoms with Crippen LogP contribution >= 0.6 is 0 Å². The fourth-order valence-electron chi connectivity index (χ4n) is 2.51. The Kier molecular flexibility index (Phi) is 4.19. The molecule has 0 heterocycles. The molecule has 2 nitrogen and oxygen atoms in total. The summed E-state index contributed by atoms with van der Waals surface area (Å²) in [7, 11) is 0. The zero-order valence-electron chi connectivity index (χ0n) is 10.9. The van der Waals surface area contributed by atoms with Gasteiger partial charge in [-0.15, -0.1) is 0 Å². The van der Waals surface area contributed by atoms with Crippen LogP contribution in [0.15, 0.2) is 24.3 Å². The zero-order chi connectivity index (χ0) is 12.3. The van der Waals surface area contributed by atoms with E-state index in [1.807, 2.05) is 0 Å².